The molecule has 1 amide bonds. The number of anilines is 1. The Morgan fingerprint density at radius 3 is 3.14 bits per heavy atom. The Morgan fingerprint density at radius 2 is 2.50 bits per heavy atom. The molecule has 6 heteroatoms. The Kier molecular flexibility index (Phi) is 4.21. The maximum Gasteiger partial charge on any atom is 0.230 e. The molecule has 4 N–H and O–H groups in total. The zero-order chi connectivity index (χ0) is 10.4. The zero-order valence-corrected chi connectivity index (χ0v) is 8.60. The zero-order valence-electron chi connectivity index (χ0n) is 7.78. The van der Waals surface area contributed by atoms with Gasteiger partial charge in [-0.3, -0.25) is 4.79 Å². The standard InChI is InChI=1S/C8H12N4OS/c1-10-8(13)5-14-6-2-3-11-7(4-6)12-9/h2-4H,5,9H2,1H3,(H,10,13)(H,11,12). The number of amides is 1. The summed E-state index contributed by atoms with van der Waals surface area (Å²) in [6, 6.07) is 3.61. The number of nitrogen functional groups attached to an aromatic ring is 1. The Morgan fingerprint density at radius 1 is 1.71 bits per heavy atom. The Bertz CT molecular complexity index is 318. The van der Waals surface area contributed by atoms with E-state index in [1.54, 1.807) is 19.3 Å². The Labute approximate surface area is 86.4 Å². The minimum Gasteiger partial charge on any atom is -0.358 e. The third-order valence-electron chi connectivity index (χ3n) is 1.53. The van der Waals surface area contributed by atoms with Gasteiger partial charge in [0.25, 0.3) is 0 Å². The molecule has 14 heavy (non-hydrogen) atoms. The molecule has 1 rings (SSSR count). The van der Waals surface area contributed by atoms with E-state index in [4.69, 9.17) is 5.84 Å². The van der Waals surface area contributed by atoms with Crippen molar-refractivity contribution in [1.29, 1.82) is 0 Å². The molecule has 0 fully saturated rings. The molecule has 0 aromatic carbocycles. The average molecular weight is 212 g/mol. The number of thioether (sulfide) groups is 1. The number of nitrogens with one attached hydrogen (secondary N) is 2. The largest absolute Gasteiger partial charge is 0.358 e. The molecule has 1 heterocycles. The number of nitrogens with zero attached hydrogens (tertiary/aromatic N) is 1. The molecule has 0 unspecified atom stereocenters. The van der Waals surface area contributed by atoms with Gasteiger partial charge in [0.2, 0.25) is 5.91 Å². The second kappa shape index (κ2) is 5.46. The molecule has 1 aromatic rings. The summed E-state index contributed by atoms with van der Waals surface area (Å²) in [7, 11) is 1.61. The highest BCUT2D eigenvalue weighted by molar-refractivity contribution is 8.00. The highest BCUT2D eigenvalue weighted by Gasteiger charge is 2.00. The van der Waals surface area contributed by atoms with Crippen LogP contribution < -0.4 is 16.6 Å². The van der Waals surface area contributed by atoms with Crippen LogP contribution in [0.1, 0.15) is 0 Å². The van der Waals surface area contributed by atoms with Crippen LogP contribution in [-0.4, -0.2) is 23.7 Å². The van der Waals surface area contributed by atoms with Gasteiger partial charge in [-0.15, -0.1) is 11.8 Å². The van der Waals surface area contributed by atoms with E-state index in [1.165, 1.54) is 11.8 Å². The molecular formula is C8H12N4OS. The number of pyridine rings is 1. The molecule has 0 saturated carbocycles. The predicted octanol–water partition coefficient (Wildman–Crippen LogP) is 0.205. The number of hydrazine groups is 1. The maximum atomic E-state index is 11.0. The van der Waals surface area contributed by atoms with Crippen LogP contribution in [-0.2, 0) is 4.79 Å². The summed E-state index contributed by atoms with van der Waals surface area (Å²) in [6.45, 7) is 0. The molecule has 0 aliphatic heterocycles. The van der Waals surface area contributed by atoms with E-state index in [1.807, 2.05) is 6.07 Å². The lowest BCUT2D eigenvalue weighted by atomic mass is 10.5. The smallest absolute Gasteiger partial charge is 0.230 e. The van der Waals surface area contributed by atoms with Gasteiger partial charge in [0.1, 0.15) is 5.82 Å². The molecule has 0 radical (unpaired) electrons. The predicted molar refractivity (Wildman–Crippen MR) is 56.8 cm³/mol. The average Bonchev–Trinajstić information content (AvgIpc) is 2.26. The quantitative estimate of drug-likeness (QED) is 0.377. The fourth-order valence-corrected chi connectivity index (χ4v) is 1.60. The molecule has 0 spiro atoms. The first-order valence-corrected chi connectivity index (χ1v) is 5.01. The van der Waals surface area contributed by atoms with Gasteiger partial charge in [0, 0.05) is 18.1 Å². The van der Waals surface area contributed by atoms with E-state index in [-0.39, 0.29) is 5.91 Å². The summed E-state index contributed by atoms with van der Waals surface area (Å²) in [5.41, 5.74) is 2.44. The molecule has 0 bridgehead atoms. The minimum absolute atomic E-state index is 0.00549. The molecular weight excluding hydrogens is 200 g/mol. The van der Waals surface area contributed by atoms with Gasteiger partial charge in [0.15, 0.2) is 0 Å². The summed E-state index contributed by atoms with van der Waals surface area (Å²) in [5.74, 6) is 6.18. The van der Waals surface area contributed by atoms with Crippen LogP contribution in [0.4, 0.5) is 5.82 Å². The lowest BCUT2D eigenvalue weighted by molar-refractivity contribution is -0.118. The number of nitrogens with two attached hydrogens (primary N) is 1. The van der Waals surface area contributed by atoms with E-state index >= 15 is 0 Å². The van der Waals surface area contributed by atoms with Crippen molar-refractivity contribution in [3.63, 3.8) is 0 Å². The van der Waals surface area contributed by atoms with Gasteiger partial charge in [-0.05, 0) is 12.1 Å². The number of carbonyl (C=O) groups is 1. The molecule has 0 aliphatic rings. The summed E-state index contributed by atoms with van der Waals surface area (Å²) < 4.78 is 0. The monoisotopic (exact) mass is 212 g/mol. The summed E-state index contributed by atoms with van der Waals surface area (Å²) in [6.07, 6.45) is 1.64. The second-order valence-electron chi connectivity index (χ2n) is 2.48. The van der Waals surface area contributed by atoms with Crippen LogP contribution >= 0.6 is 11.8 Å². The van der Waals surface area contributed by atoms with E-state index < -0.39 is 0 Å². The lowest BCUT2D eigenvalue weighted by Gasteiger charge is -2.02. The number of hydrogen-bond donors (Lipinski definition) is 3. The number of hydrogen-bond acceptors (Lipinski definition) is 5. The fraction of sp³-hybridized carbons (Fsp3) is 0.250. The minimum atomic E-state index is -0.00549. The third kappa shape index (κ3) is 3.23. The molecule has 76 valence electrons. The summed E-state index contributed by atoms with van der Waals surface area (Å²) in [4.78, 5) is 15.9. The van der Waals surface area contributed by atoms with Gasteiger partial charge in [-0.25, -0.2) is 10.8 Å². The second-order valence-corrected chi connectivity index (χ2v) is 3.53. The van der Waals surface area contributed by atoms with Gasteiger partial charge in [-0.2, -0.15) is 0 Å². The van der Waals surface area contributed by atoms with Crippen molar-refractivity contribution in [3.8, 4) is 0 Å². The SMILES string of the molecule is CNC(=O)CSc1ccnc(NN)c1. The summed E-state index contributed by atoms with van der Waals surface area (Å²) >= 11 is 1.44. The van der Waals surface area contributed by atoms with Gasteiger partial charge in [0.05, 0.1) is 5.75 Å². The first-order chi connectivity index (χ1) is 6.76. The lowest BCUT2D eigenvalue weighted by Crippen LogP contribution is -2.19. The van der Waals surface area contributed by atoms with Crippen molar-refractivity contribution in [2.75, 3.05) is 18.2 Å². The third-order valence-corrected chi connectivity index (χ3v) is 2.52. The van der Waals surface area contributed by atoms with Crippen LogP contribution in [0.15, 0.2) is 23.2 Å². The Hall–Kier alpha value is -1.27. The Balaban J connectivity index is 2.54. The maximum absolute atomic E-state index is 11.0. The van der Waals surface area contributed by atoms with Crippen LogP contribution in [0.5, 0.6) is 0 Å². The van der Waals surface area contributed by atoms with Crippen molar-refractivity contribution >= 4 is 23.5 Å². The summed E-state index contributed by atoms with van der Waals surface area (Å²) in [5, 5.41) is 2.55. The van der Waals surface area contributed by atoms with Crippen LogP contribution in [0.25, 0.3) is 0 Å². The van der Waals surface area contributed by atoms with Gasteiger partial charge < -0.3 is 10.7 Å². The van der Waals surface area contributed by atoms with Crippen LogP contribution in [0.3, 0.4) is 0 Å². The molecule has 0 atom stereocenters. The van der Waals surface area contributed by atoms with E-state index in [2.05, 4.69) is 15.7 Å². The van der Waals surface area contributed by atoms with Crippen molar-refractivity contribution in [2.45, 2.75) is 4.90 Å². The number of rotatable bonds is 4. The molecule has 5 nitrogen and oxygen atoms in total. The van der Waals surface area contributed by atoms with E-state index in [0.29, 0.717) is 11.6 Å². The van der Waals surface area contributed by atoms with Crippen LogP contribution in [0.2, 0.25) is 0 Å². The van der Waals surface area contributed by atoms with E-state index in [9.17, 15) is 4.79 Å². The van der Waals surface area contributed by atoms with Crippen molar-refractivity contribution in [2.24, 2.45) is 5.84 Å². The topological polar surface area (TPSA) is 80.0 Å². The van der Waals surface area contributed by atoms with Crippen molar-refractivity contribution in [1.82, 2.24) is 10.3 Å². The first-order valence-electron chi connectivity index (χ1n) is 4.02. The van der Waals surface area contributed by atoms with E-state index in [0.717, 1.165) is 4.90 Å². The van der Waals surface area contributed by atoms with Gasteiger partial charge in [-0.1, -0.05) is 0 Å². The first kappa shape index (κ1) is 10.8. The molecule has 0 aliphatic carbocycles. The normalized spacial score (nSPS) is 9.57. The van der Waals surface area contributed by atoms with Crippen LogP contribution in [0, 0.1) is 0 Å². The fourth-order valence-electron chi connectivity index (χ4n) is 0.801. The highest BCUT2D eigenvalue weighted by atomic mass is 32.2. The number of carbonyl (C=O) groups excluding carboxylic acids is 1. The highest BCUT2D eigenvalue weighted by Crippen LogP contribution is 2.18. The van der Waals surface area contributed by atoms with Gasteiger partial charge >= 0.3 is 0 Å². The van der Waals surface area contributed by atoms with Crippen molar-refractivity contribution < 1.29 is 4.79 Å². The number of aromatic nitrogens is 1. The molecule has 0 saturated heterocycles. The molecule has 1 aromatic heterocycles. The van der Waals surface area contributed by atoms with Crippen molar-refractivity contribution in [3.05, 3.63) is 18.3 Å².